The molecule has 2 fully saturated rings. The molecule has 1 aromatic rings. The van der Waals surface area contributed by atoms with E-state index in [1.54, 1.807) is 0 Å². The Bertz CT molecular complexity index is 600. The summed E-state index contributed by atoms with van der Waals surface area (Å²) >= 11 is 0. The van der Waals surface area contributed by atoms with E-state index < -0.39 is 0 Å². The molecule has 1 amide bonds. The molecular formula is C22H38Cl2N4O. The normalized spacial score (nSPS) is 18.8. The van der Waals surface area contributed by atoms with Gasteiger partial charge in [-0.05, 0) is 69.9 Å². The summed E-state index contributed by atoms with van der Waals surface area (Å²) in [5, 5.41) is 3.24. The lowest BCUT2D eigenvalue weighted by molar-refractivity contribution is -0.134. The third kappa shape index (κ3) is 8.06. The first-order valence-electron chi connectivity index (χ1n) is 10.6. The first kappa shape index (κ1) is 26.2. The number of likely N-dealkylation sites (tertiary alicyclic amines) is 1. The highest BCUT2D eigenvalue weighted by molar-refractivity contribution is 5.85. The van der Waals surface area contributed by atoms with Gasteiger partial charge in [0.2, 0.25) is 5.91 Å². The predicted octanol–water partition coefficient (Wildman–Crippen LogP) is 2.80. The van der Waals surface area contributed by atoms with Crippen molar-refractivity contribution in [2.24, 2.45) is 5.92 Å². The van der Waals surface area contributed by atoms with E-state index in [9.17, 15) is 4.79 Å². The third-order valence-corrected chi connectivity index (χ3v) is 6.25. The van der Waals surface area contributed by atoms with Crippen molar-refractivity contribution >= 4 is 30.7 Å². The number of piperidine rings is 1. The van der Waals surface area contributed by atoms with Gasteiger partial charge in [-0.2, -0.15) is 0 Å². The van der Waals surface area contributed by atoms with E-state index in [-0.39, 0.29) is 24.8 Å². The SMILES string of the molecule is CNCCC1CCN(CC(=O)N2CCN(Cc3ccccc3C)CC2)CC1.Cl.Cl. The quantitative estimate of drug-likeness (QED) is 0.701. The van der Waals surface area contributed by atoms with Gasteiger partial charge >= 0.3 is 0 Å². The summed E-state index contributed by atoms with van der Waals surface area (Å²) in [6.07, 6.45) is 3.74. The zero-order valence-corrected chi connectivity index (χ0v) is 19.6. The number of nitrogens with zero attached hydrogens (tertiary/aromatic N) is 3. The van der Waals surface area contributed by atoms with Crippen LogP contribution in [-0.2, 0) is 11.3 Å². The van der Waals surface area contributed by atoms with Gasteiger partial charge in [0.1, 0.15) is 0 Å². The van der Waals surface area contributed by atoms with Gasteiger partial charge in [-0.3, -0.25) is 14.6 Å². The number of amides is 1. The molecule has 0 saturated carbocycles. The number of carbonyl (C=O) groups is 1. The van der Waals surface area contributed by atoms with Crippen molar-refractivity contribution in [3.05, 3.63) is 35.4 Å². The van der Waals surface area contributed by atoms with Crippen LogP contribution in [0.4, 0.5) is 0 Å². The summed E-state index contributed by atoms with van der Waals surface area (Å²) in [5.41, 5.74) is 2.76. The molecule has 2 heterocycles. The molecule has 0 atom stereocenters. The van der Waals surface area contributed by atoms with E-state index >= 15 is 0 Å². The molecule has 5 nitrogen and oxygen atoms in total. The second kappa shape index (κ2) is 13.5. The molecule has 1 N–H and O–H groups in total. The second-order valence-electron chi connectivity index (χ2n) is 8.20. The van der Waals surface area contributed by atoms with Gasteiger partial charge in [0.25, 0.3) is 0 Å². The van der Waals surface area contributed by atoms with Gasteiger partial charge in [-0.1, -0.05) is 24.3 Å². The van der Waals surface area contributed by atoms with Crippen LogP contribution in [0.5, 0.6) is 0 Å². The molecule has 0 spiro atoms. The van der Waals surface area contributed by atoms with Crippen LogP contribution in [-0.4, -0.2) is 80.0 Å². The molecule has 2 aliphatic rings. The molecule has 0 radical (unpaired) electrons. The maximum Gasteiger partial charge on any atom is 0.236 e. The van der Waals surface area contributed by atoms with E-state index in [2.05, 4.69) is 51.2 Å². The van der Waals surface area contributed by atoms with Gasteiger partial charge in [0.15, 0.2) is 0 Å². The van der Waals surface area contributed by atoms with Crippen LogP contribution in [0.3, 0.4) is 0 Å². The van der Waals surface area contributed by atoms with Gasteiger partial charge < -0.3 is 10.2 Å². The van der Waals surface area contributed by atoms with E-state index in [1.807, 2.05) is 7.05 Å². The standard InChI is InChI=1S/C22H36N4O.2ClH/c1-19-5-3-4-6-21(19)17-25-13-15-26(16-14-25)22(27)18-24-11-8-20(9-12-24)7-10-23-2;;/h3-6,20,23H,7-18H2,1-2H3;2*1H. The first-order valence-corrected chi connectivity index (χ1v) is 10.6. The van der Waals surface area contributed by atoms with Crippen molar-refractivity contribution in [2.75, 3.05) is 59.4 Å². The average Bonchev–Trinajstić information content (AvgIpc) is 2.70. The maximum atomic E-state index is 12.7. The van der Waals surface area contributed by atoms with Crippen molar-refractivity contribution in [3.63, 3.8) is 0 Å². The smallest absolute Gasteiger partial charge is 0.236 e. The minimum Gasteiger partial charge on any atom is -0.339 e. The lowest BCUT2D eigenvalue weighted by Crippen LogP contribution is -2.51. The number of rotatable bonds is 7. The molecule has 0 aliphatic carbocycles. The molecular weight excluding hydrogens is 407 g/mol. The summed E-state index contributed by atoms with van der Waals surface area (Å²) in [6, 6.07) is 8.60. The number of hydrogen-bond donors (Lipinski definition) is 1. The summed E-state index contributed by atoms with van der Waals surface area (Å²) < 4.78 is 0. The Morgan fingerprint density at radius 1 is 1.00 bits per heavy atom. The van der Waals surface area contributed by atoms with Crippen LogP contribution in [0.2, 0.25) is 0 Å². The fourth-order valence-electron chi connectivity index (χ4n) is 4.26. The molecule has 0 unspecified atom stereocenters. The van der Waals surface area contributed by atoms with Crippen LogP contribution < -0.4 is 5.32 Å². The Morgan fingerprint density at radius 2 is 1.66 bits per heavy atom. The number of piperazine rings is 1. The predicted molar refractivity (Wildman–Crippen MR) is 125 cm³/mol. The Balaban J connectivity index is 0.00000210. The highest BCUT2D eigenvalue weighted by Crippen LogP contribution is 2.20. The molecule has 1 aromatic carbocycles. The monoisotopic (exact) mass is 444 g/mol. The zero-order chi connectivity index (χ0) is 19.1. The zero-order valence-electron chi connectivity index (χ0n) is 17.9. The highest BCUT2D eigenvalue weighted by Gasteiger charge is 2.25. The van der Waals surface area contributed by atoms with E-state index in [0.717, 1.165) is 58.3 Å². The Kier molecular flexibility index (Phi) is 12.1. The Labute approximate surface area is 189 Å². The average molecular weight is 445 g/mol. The van der Waals surface area contributed by atoms with Crippen LogP contribution in [0, 0.1) is 12.8 Å². The Morgan fingerprint density at radius 3 is 2.28 bits per heavy atom. The number of nitrogens with one attached hydrogen (secondary N) is 1. The van der Waals surface area contributed by atoms with E-state index in [1.165, 1.54) is 30.4 Å². The largest absolute Gasteiger partial charge is 0.339 e. The molecule has 0 bridgehead atoms. The van der Waals surface area contributed by atoms with Crippen molar-refractivity contribution < 1.29 is 4.79 Å². The molecule has 0 aromatic heterocycles. The van der Waals surface area contributed by atoms with Crippen molar-refractivity contribution in [3.8, 4) is 0 Å². The summed E-state index contributed by atoms with van der Waals surface area (Å²) in [6.45, 7) is 10.7. The van der Waals surface area contributed by atoms with Crippen LogP contribution >= 0.6 is 24.8 Å². The lowest BCUT2D eigenvalue weighted by atomic mass is 9.93. The van der Waals surface area contributed by atoms with E-state index in [0.29, 0.717) is 12.5 Å². The highest BCUT2D eigenvalue weighted by atomic mass is 35.5. The Hall–Kier alpha value is -0.850. The number of aryl methyl sites for hydroxylation is 1. The second-order valence-corrected chi connectivity index (χ2v) is 8.20. The third-order valence-electron chi connectivity index (χ3n) is 6.25. The maximum absolute atomic E-state index is 12.7. The first-order chi connectivity index (χ1) is 13.2. The fourth-order valence-corrected chi connectivity index (χ4v) is 4.26. The van der Waals surface area contributed by atoms with E-state index in [4.69, 9.17) is 0 Å². The number of halogens is 2. The summed E-state index contributed by atoms with van der Waals surface area (Å²) in [7, 11) is 2.02. The molecule has 3 rings (SSSR count). The van der Waals surface area contributed by atoms with Crippen molar-refractivity contribution in [2.45, 2.75) is 32.7 Å². The molecule has 29 heavy (non-hydrogen) atoms. The van der Waals surface area contributed by atoms with Crippen molar-refractivity contribution in [1.29, 1.82) is 0 Å². The number of benzene rings is 1. The van der Waals surface area contributed by atoms with Gasteiger partial charge in [-0.15, -0.1) is 24.8 Å². The molecule has 166 valence electrons. The number of hydrogen-bond acceptors (Lipinski definition) is 4. The lowest BCUT2D eigenvalue weighted by Gasteiger charge is -2.37. The van der Waals surface area contributed by atoms with Gasteiger partial charge in [0, 0.05) is 32.7 Å². The summed E-state index contributed by atoms with van der Waals surface area (Å²) in [4.78, 5) is 19.6. The van der Waals surface area contributed by atoms with Gasteiger partial charge in [-0.25, -0.2) is 0 Å². The molecule has 2 saturated heterocycles. The molecule has 7 heteroatoms. The van der Waals surface area contributed by atoms with Crippen LogP contribution in [0.15, 0.2) is 24.3 Å². The summed E-state index contributed by atoms with van der Waals surface area (Å²) in [5.74, 6) is 1.15. The number of carbonyl (C=O) groups excluding carboxylic acids is 1. The minimum atomic E-state index is 0. The van der Waals surface area contributed by atoms with Crippen LogP contribution in [0.25, 0.3) is 0 Å². The molecule has 2 aliphatic heterocycles. The van der Waals surface area contributed by atoms with Crippen molar-refractivity contribution in [1.82, 2.24) is 20.0 Å². The van der Waals surface area contributed by atoms with Gasteiger partial charge in [0.05, 0.1) is 6.54 Å². The topological polar surface area (TPSA) is 38.8 Å². The minimum absolute atomic E-state index is 0. The fraction of sp³-hybridized carbons (Fsp3) is 0.682. The van der Waals surface area contributed by atoms with Crippen LogP contribution in [0.1, 0.15) is 30.4 Å².